The highest BCUT2D eigenvalue weighted by atomic mass is 16.5. The van der Waals surface area contributed by atoms with Gasteiger partial charge in [-0.1, -0.05) is 68.4 Å². The van der Waals surface area contributed by atoms with Crippen molar-refractivity contribution in [3.05, 3.63) is 72.2 Å². The third-order valence-electron chi connectivity index (χ3n) is 6.08. The lowest BCUT2D eigenvalue weighted by Crippen LogP contribution is -2.23. The highest BCUT2D eigenvalue weighted by molar-refractivity contribution is 6.42. The lowest BCUT2D eigenvalue weighted by Gasteiger charge is -2.18. The molecule has 0 N–H and O–H groups in total. The van der Waals surface area contributed by atoms with Gasteiger partial charge in [0.05, 0.1) is 18.4 Å². The monoisotopic (exact) mass is 427 g/mol. The summed E-state index contributed by atoms with van der Waals surface area (Å²) in [6.07, 6.45) is 2.49. The molecule has 1 aliphatic rings. The Balaban J connectivity index is 1.87. The van der Waals surface area contributed by atoms with E-state index >= 15 is 0 Å². The molecule has 5 heteroatoms. The molecule has 3 heterocycles. The number of benzene rings is 2. The molecule has 2 aromatic heterocycles. The molecule has 0 amide bonds. The molecule has 4 aromatic rings. The van der Waals surface area contributed by atoms with Crippen molar-refractivity contribution in [2.24, 2.45) is 5.41 Å². The minimum absolute atomic E-state index is 0.0354. The second kappa shape index (κ2) is 7.52. The number of carbonyl (C=O) groups excluding carboxylic acids is 2. The summed E-state index contributed by atoms with van der Waals surface area (Å²) in [5.41, 5.74) is 3.97. The van der Waals surface area contributed by atoms with Crippen molar-refractivity contribution in [2.45, 2.75) is 33.7 Å². The van der Waals surface area contributed by atoms with Gasteiger partial charge in [0, 0.05) is 28.6 Å². The van der Waals surface area contributed by atoms with Crippen LogP contribution in [-0.4, -0.2) is 22.9 Å². The molecule has 32 heavy (non-hydrogen) atoms. The minimum Gasteiger partial charge on any atom is -0.463 e. The third kappa shape index (κ3) is 3.16. The first-order valence-corrected chi connectivity index (χ1v) is 10.9. The average Bonchev–Trinajstić information content (AvgIpc) is 3.42. The number of hydrogen-bond acceptors (Lipinski definition) is 4. The zero-order valence-electron chi connectivity index (χ0n) is 18.5. The molecule has 0 aliphatic carbocycles. The van der Waals surface area contributed by atoms with Gasteiger partial charge in [0.15, 0.2) is 0 Å². The van der Waals surface area contributed by atoms with Crippen LogP contribution in [0, 0.1) is 5.41 Å². The first kappa shape index (κ1) is 20.3. The third-order valence-corrected chi connectivity index (χ3v) is 6.08. The van der Waals surface area contributed by atoms with Gasteiger partial charge in [-0.2, -0.15) is 0 Å². The topological polar surface area (TPSA) is 61.4 Å². The number of hydrogen-bond donors (Lipinski definition) is 0. The molecular weight excluding hydrogens is 402 g/mol. The van der Waals surface area contributed by atoms with Crippen molar-refractivity contribution in [2.75, 3.05) is 6.61 Å². The maximum absolute atomic E-state index is 13.5. The van der Waals surface area contributed by atoms with E-state index in [-0.39, 0.29) is 12.0 Å². The van der Waals surface area contributed by atoms with Crippen LogP contribution in [0.1, 0.15) is 37.0 Å². The minimum atomic E-state index is -0.839. The van der Waals surface area contributed by atoms with Gasteiger partial charge in [0.2, 0.25) is 0 Å². The SMILES string of the molecule is CCOC(=O)C(=O)c1c(-c2occ3ccccc23)c(-c2ccccc2)c2n1CC(C)(C)C2. The summed E-state index contributed by atoms with van der Waals surface area (Å²) < 4.78 is 13.2. The van der Waals surface area contributed by atoms with Crippen molar-refractivity contribution in [1.82, 2.24) is 4.57 Å². The normalized spacial score (nSPS) is 14.5. The first-order chi connectivity index (χ1) is 15.4. The van der Waals surface area contributed by atoms with E-state index in [0.29, 0.717) is 23.6 Å². The molecule has 1 aliphatic heterocycles. The van der Waals surface area contributed by atoms with Gasteiger partial charge in [-0.3, -0.25) is 4.79 Å². The molecule has 0 bridgehead atoms. The molecule has 0 unspecified atom stereocenters. The summed E-state index contributed by atoms with van der Waals surface area (Å²) in [6.45, 7) is 6.84. The summed E-state index contributed by atoms with van der Waals surface area (Å²) in [6, 6.07) is 17.9. The molecular formula is C27H25NO4. The number of esters is 1. The van der Waals surface area contributed by atoms with E-state index in [2.05, 4.69) is 13.8 Å². The van der Waals surface area contributed by atoms with Crippen LogP contribution in [0.2, 0.25) is 0 Å². The maximum atomic E-state index is 13.5. The standard InChI is InChI=1S/C27H25NO4/c1-4-31-26(30)24(29)23-22(25-19-13-9-8-12-18(19)15-32-25)21(17-10-6-5-7-11-17)20-14-27(2,3)16-28(20)23/h5-13,15H,4,14,16H2,1-3H3. The van der Waals surface area contributed by atoms with E-state index in [1.807, 2.05) is 59.2 Å². The Morgan fingerprint density at radius 2 is 1.75 bits per heavy atom. The van der Waals surface area contributed by atoms with Crippen molar-refractivity contribution < 1.29 is 18.7 Å². The fourth-order valence-corrected chi connectivity index (χ4v) is 4.82. The molecule has 0 spiro atoms. The Hall–Kier alpha value is -3.60. The number of ketones is 1. The Morgan fingerprint density at radius 1 is 1.03 bits per heavy atom. The van der Waals surface area contributed by atoms with Crippen molar-refractivity contribution in [3.8, 4) is 22.5 Å². The Kier molecular flexibility index (Phi) is 4.77. The van der Waals surface area contributed by atoms with Gasteiger partial charge in [0.25, 0.3) is 5.78 Å². The fraction of sp³-hybridized carbons (Fsp3) is 0.259. The quantitative estimate of drug-likeness (QED) is 0.226. The van der Waals surface area contributed by atoms with Gasteiger partial charge in [-0.05, 0) is 24.3 Å². The van der Waals surface area contributed by atoms with Gasteiger partial charge >= 0.3 is 5.97 Å². The number of furan rings is 1. The zero-order valence-corrected chi connectivity index (χ0v) is 18.5. The first-order valence-electron chi connectivity index (χ1n) is 10.9. The van der Waals surface area contributed by atoms with Crippen LogP contribution in [-0.2, 0) is 22.5 Å². The van der Waals surface area contributed by atoms with Crippen LogP contribution in [0.3, 0.4) is 0 Å². The lowest BCUT2D eigenvalue weighted by atomic mass is 9.87. The van der Waals surface area contributed by atoms with Crippen LogP contribution in [0.15, 0.2) is 65.3 Å². The van der Waals surface area contributed by atoms with E-state index in [1.165, 1.54) is 0 Å². The van der Waals surface area contributed by atoms with Gasteiger partial charge in [-0.15, -0.1) is 0 Å². The predicted molar refractivity (Wildman–Crippen MR) is 124 cm³/mol. The number of fused-ring (bicyclic) bond motifs is 2. The fourth-order valence-electron chi connectivity index (χ4n) is 4.82. The zero-order chi connectivity index (χ0) is 22.5. The molecule has 0 saturated heterocycles. The highest BCUT2D eigenvalue weighted by Crippen LogP contribution is 2.48. The molecule has 0 atom stereocenters. The van der Waals surface area contributed by atoms with Crippen LogP contribution in [0.25, 0.3) is 33.2 Å². The van der Waals surface area contributed by atoms with E-state index < -0.39 is 11.8 Å². The maximum Gasteiger partial charge on any atom is 0.381 e. The summed E-state index contributed by atoms with van der Waals surface area (Å²) in [5, 5.41) is 1.86. The Labute approximate surface area is 186 Å². The van der Waals surface area contributed by atoms with Crippen molar-refractivity contribution in [3.63, 3.8) is 0 Å². The smallest absolute Gasteiger partial charge is 0.381 e. The molecule has 2 aromatic carbocycles. The van der Waals surface area contributed by atoms with Crippen molar-refractivity contribution in [1.29, 1.82) is 0 Å². The predicted octanol–water partition coefficient (Wildman–Crippen LogP) is 5.90. The van der Waals surface area contributed by atoms with Crippen LogP contribution in [0.4, 0.5) is 0 Å². The Bertz CT molecular complexity index is 1340. The largest absolute Gasteiger partial charge is 0.463 e. The summed E-state index contributed by atoms with van der Waals surface area (Å²) in [5.74, 6) is -0.871. The van der Waals surface area contributed by atoms with Gasteiger partial charge in [0.1, 0.15) is 11.5 Å². The second-order valence-corrected chi connectivity index (χ2v) is 9.04. The number of ether oxygens (including phenoxy) is 1. The lowest BCUT2D eigenvalue weighted by molar-refractivity contribution is -0.137. The molecule has 0 saturated carbocycles. The highest BCUT2D eigenvalue weighted by Gasteiger charge is 2.40. The number of carbonyl (C=O) groups is 2. The number of nitrogens with zero attached hydrogens (tertiary/aromatic N) is 1. The van der Waals surface area contributed by atoms with Gasteiger partial charge in [-0.25, -0.2) is 4.79 Å². The summed E-state index contributed by atoms with van der Waals surface area (Å²) in [7, 11) is 0. The Morgan fingerprint density at radius 3 is 2.50 bits per heavy atom. The van der Waals surface area contributed by atoms with E-state index in [1.54, 1.807) is 13.2 Å². The van der Waals surface area contributed by atoms with Crippen LogP contribution >= 0.6 is 0 Å². The van der Waals surface area contributed by atoms with Crippen LogP contribution < -0.4 is 0 Å². The van der Waals surface area contributed by atoms with Crippen molar-refractivity contribution >= 4 is 22.5 Å². The summed E-state index contributed by atoms with van der Waals surface area (Å²) >= 11 is 0. The number of aromatic nitrogens is 1. The van der Waals surface area contributed by atoms with E-state index in [0.717, 1.165) is 34.0 Å². The van der Waals surface area contributed by atoms with E-state index in [4.69, 9.17) is 9.15 Å². The average molecular weight is 428 g/mol. The second-order valence-electron chi connectivity index (χ2n) is 9.04. The van der Waals surface area contributed by atoms with E-state index in [9.17, 15) is 9.59 Å². The number of rotatable bonds is 5. The molecule has 5 nitrogen and oxygen atoms in total. The molecule has 162 valence electrons. The molecule has 0 radical (unpaired) electrons. The number of Topliss-reactive ketones (excluding diaryl/α,β-unsaturated/α-hetero) is 1. The summed E-state index contributed by atoms with van der Waals surface area (Å²) in [4.78, 5) is 26.1. The van der Waals surface area contributed by atoms with Crippen LogP contribution in [0.5, 0.6) is 0 Å². The van der Waals surface area contributed by atoms with Gasteiger partial charge < -0.3 is 13.7 Å². The molecule has 5 rings (SSSR count). The molecule has 0 fully saturated rings.